The van der Waals surface area contributed by atoms with Crippen LogP contribution in [0.3, 0.4) is 0 Å². The Morgan fingerprint density at radius 1 is 1.17 bits per heavy atom. The second kappa shape index (κ2) is 7.39. The van der Waals surface area contributed by atoms with E-state index in [1.54, 1.807) is 6.07 Å². The Morgan fingerprint density at radius 2 is 1.91 bits per heavy atom. The van der Waals surface area contributed by atoms with Gasteiger partial charge in [0.25, 0.3) is 0 Å². The summed E-state index contributed by atoms with van der Waals surface area (Å²) >= 11 is 11.6. The van der Waals surface area contributed by atoms with Crippen molar-refractivity contribution >= 4 is 40.4 Å². The van der Waals surface area contributed by atoms with Crippen LogP contribution < -0.4 is 5.32 Å². The Bertz CT molecular complexity index is 768. The van der Waals surface area contributed by atoms with Gasteiger partial charge in [0.05, 0.1) is 15.0 Å². The summed E-state index contributed by atoms with van der Waals surface area (Å²) in [5.74, 6) is -1.07. The lowest BCUT2D eigenvalue weighted by atomic mass is 10.1. The summed E-state index contributed by atoms with van der Waals surface area (Å²) in [6, 6.07) is 8.04. The Kier molecular flexibility index (Phi) is 5.52. The van der Waals surface area contributed by atoms with Crippen molar-refractivity contribution in [2.45, 2.75) is 6.42 Å². The third-order valence-corrected chi connectivity index (χ3v) is 3.80. The number of carbonyl (C=O) groups excluding carboxylic acids is 1. The lowest BCUT2D eigenvalue weighted by Crippen LogP contribution is -2.09. The van der Waals surface area contributed by atoms with Crippen LogP contribution in [0.1, 0.15) is 16.8 Å². The zero-order valence-electron chi connectivity index (χ0n) is 11.7. The number of carbonyl (C=O) groups is 1. The van der Waals surface area contributed by atoms with Gasteiger partial charge >= 0.3 is 5.69 Å². The van der Waals surface area contributed by atoms with Crippen molar-refractivity contribution in [1.82, 2.24) is 0 Å². The van der Waals surface area contributed by atoms with Crippen molar-refractivity contribution in [1.29, 1.82) is 0 Å². The van der Waals surface area contributed by atoms with Crippen LogP contribution in [-0.2, 0) is 0 Å². The van der Waals surface area contributed by atoms with Crippen LogP contribution in [-0.4, -0.2) is 17.3 Å². The zero-order chi connectivity index (χ0) is 17.0. The van der Waals surface area contributed by atoms with Crippen LogP contribution >= 0.6 is 23.2 Å². The van der Waals surface area contributed by atoms with Crippen molar-refractivity contribution < 1.29 is 14.1 Å². The van der Waals surface area contributed by atoms with Crippen molar-refractivity contribution in [3.05, 3.63) is 67.9 Å². The molecule has 0 heterocycles. The molecule has 5 nitrogen and oxygen atoms in total. The minimum absolute atomic E-state index is 0.142. The van der Waals surface area contributed by atoms with Crippen LogP contribution in [0.2, 0.25) is 10.0 Å². The maximum absolute atomic E-state index is 13.2. The molecule has 0 aromatic heterocycles. The van der Waals surface area contributed by atoms with Crippen molar-refractivity contribution in [2.24, 2.45) is 0 Å². The highest BCUT2D eigenvalue weighted by molar-refractivity contribution is 6.42. The molecule has 2 aromatic carbocycles. The van der Waals surface area contributed by atoms with E-state index in [-0.39, 0.29) is 18.7 Å². The molecule has 2 rings (SSSR count). The molecule has 0 amide bonds. The quantitative estimate of drug-likeness (QED) is 0.461. The first-order chi connectivity index (χ1) is 10.9. The lowest BCUT2D eigenvalue weighted by molar-refractivity contribution is -0.387. The highest BCUT2D eigenvalue weighted by Gasteiger charge is 2.14. The fourth-order valence-electron chi connectivity index (χ4n) is 1.90. The lowest BCUT2D eigenvalue weighted by Gasteiger charge is -2.07. The molecule has 2 aromatic rings. The standard InChI is InChI=1S/C15H11Cl2FN2O3/c16-11-3-1-9(7-12(11)17)15(21)5-6-19-10-2-4-13(18)14(8-10)20(22)23/h1-4,7-8,19H,5-6H2. The molecule has 0 saturated carbocycles. The van der Waals surface area contributed by atoms with E-state index in [9.17, 15) is 19.3 Å². The van der Waals surface area contributed by atoms with E-state index in [4.69, 9.17) is 23.2 Å². The first kappa shape index (κ1) is 17.2. The molecule has 120 valence electrons. The van der Waals surface area contributed by atoms with Gasteiger partial charge < -0.3 is 5.32 Å². The monoisotopic (exact) mass is 356 g/mol. The maximum Gasteiger partial charge on any atom is 0.306 e. The third kappa shape index (κ3) is 4.40. The molecular formula is C15H11Cl2FN2O3. The van der Waals surface area contributed by atoms with Crippen molar-refractivity contribution in [2.75, 3.05) is 11.9 Å². The van der Waals surface area contributed by atoms with Gasteiger partial charge in [0.1, 0.15) is 0 Å². The third-order valence-electron chi connectivity index (χ3n) is 3.07. The smallest absolute Gasteiger partial charge is 0.306 e. The SMILES string of the molecule is O=C(CCNc1ccc(F)c([N+](=O)[O-])c1)c1ccc(Cl)c(Cl)c1. The van der Waals surface area contributed by atoms with E-state index in [0.717, 1.165) is 12.1 Å². The second-order valence-electron chi connectivity index (χ2n) is 4.65. The number of benzene rings is 2. The minimum atomic E-state index is -0.910. The second-order valence-corrected chi connectivity index (χ2v) is 5.47. The van der Waals surface area contributed by atoms with E-state index in [0.29, 0.717) is 21.3 Å². The van der Waals surface area contributed by atoms with E-state index in [1.165, 1.54) is 18.2 Å². The molecule has 0 atom stereocenters. The number of hydrogen-bond donors (Lipinski definition) is 1. The fraction of sp³-hybridized carbons (Fsp3) is 0.133. The largest absolute Gasteiger partial charge is 0.384 e. The summed E-state index contributed by atoms with van der Waals surface area (Å²) < 4.78 is 13.2. The summed E-state index contributed by atoms with van der Waals surface area (Å²) in [6.45, 7) is 0.238. The molecule has 0 saturated heterocycles. The number of halogens is 3. The van der Waals surface area contributed by atoms with Gasteiger partial charge in [-0.3, -0.25) is 14.9 Å². The van der Waals surface area contributed by atoms with Gasteiger partial charge in [-0.2, -0.15) is 4.39 Å². The average molecular weight is 357 g/mol. The summed E-state index contributed by atoms with van der Waals surface area (Å²) in [5.41, 5.74) is 0.164. The number of rotatable bonds is 6. The molecule has 8 heteroatoms. The number of ketones is 1. The van der Waals surface area contributed by atoms with Gasteiger partial charge in [-0.05, 0) is 30.3 Å². The maximum atomic E-state index is 13.2. The van der Waals surface area contributed by atoms with E-state index in [2.05, 4.69) is 5.32 Å². The van der Waals surface area contributed by atoms with Crippen LogP contribution in [0.4, 0.5) is 15.8 Å². The van der Waals surface area contributed by atoms with Gasteiger partial charge in [-0.1, -0.05) is 23.2 Å². The van der Waals surface area contributed by atoms with Crippen LogP contribution in [0.25, 0.3) is 0 Å². The molecule has 0 fully saturated rings. The van der Waals surface area contributed by atoms with Crippen molar-refractivity contribution in [3.63, 3.8) is 0 Å². The zero-order valence-corrected chi connectivity index (χ0v) is 13.2. The van der Waals surface area contributed by atoms with Crippen molar-refractivity contribution in [3.8, 4) is 0 Å². The summed E-state index contributed by atoms with van der Waals surface area (Å²) in [4.78, 5) is 21.9. The van der Waals surface area contributed by atoms with E-state index >= 15 is 0 Å². The van der Waals surface area contributed by atoms with Gasteiger partial charge in [-0.15, -0.1) is 0 Å². The predicted octanol–water partition coefficient (Wildman–Crippen LogP) is 4.73. The molecular weight excluding hydrogens is 346 g/mol. The highest BCUT2D eigenvalue weighted by atomic mass is 35.5. The predicted molar refractivity (Wildman–Crippen MR) is 87.0 cm³/mol. The fourth-order valence-corrected chi connectivity index (χ4v) is 2.19. The highest BCUT2D eigenvalue weighted by Crippen LogP contribution is 2.24. The number of nitrogens with zero attached hydrogens (tertiary/aromatic N) is 1. The van der Waals surface area contributed by atoms with Gasteiger partial charge in [0.15, 0.2) is 5.78 Å². The molecule has 0 spiro atoms. The summed E-state index contributed by atoms with van der Waals surface area (Å²) in [6.07, 6.45) is 0.142. The summed E-state index contributed by atoms with van der Waals surface area (Å²) in [5, 5.41) is 14.2. The Balaban J connectivity index is 1.96. The molecule has 0 aliphatic rings. The van der Waals surface area contributed by atoms with Gasteiger partial charge in [0.2, 0.25) is 5.82 Å². The first-order valence-corrected chi connectivity index (χ1v) is 7.30. The minimum Gasteiger partial charge on any atom is -0.384 e. The Hall–Kier alpha value is -2.18. The van der Waals surface area contributed by atoms with Crippen LogP contribution in [0, 0.1) is 15.9 Å². The number of hydrogen-bond acceptors (Lipinski definition) is 4. The molecule has 0 unspecified atom stereocenters. The normalized spacial score (nSPS) is 10.4. The number of nitro benzene ring substituents is 1. The van der Waals surface area contributed by atoms with Crippen LogP contribution in [0.15, 0.2) is 36.4 Å². The number of Topliss-reactive ketones (excluding diaryl/α,β-unsaturated/α-hetero) is 1. The topological polar surface area (TPSA) is 72.2 Å². The molecule has 1 N–H and O–H groups in total. The average Bonchev–Trinajstić information content (AvgIpc) is 2.51. The van der Waals surface area contributed by atoms with Gasteiger partial charge in [-0.25, -0.2) is 0 Å². The van der Waals surface area contributed by atoms with E-state index < -0.39 is 16.4 Å². The number of anilines is 1. The number of nitro groups is 1. The van der Waals surface area contributed by atoms with Gasteiger partial charge in [0, 0.05) is 30.3 Å². The Labute approximate surface area is 141 Å². The van der Waals surface area contributed by atoms with E-state index in [1.807, 2.05) is 0 Å². The van der Waals surface area contributed by atoms with Crippen LogP contribution in [0.5, 0.6) is 0 Å². The molecule has 0 aliphatic carbocycles. The molecule has 23 heavy (non-hydrogen) atoms. The molecule has 0 aliphatic heterocycles. The molecule has 0 bridgehead atoms. The Morgan fingerprint density at radius 3 is 2.57 bits per heavy atom. The number of nitrogens with one attached hydrogen (secondary N) is 1. The molecule has 0 radical (unpaired) electrons. The summed E-state index contributed by atoms with van der Waals surface area (Å²) in [7, 11) is 0. The first-order valence-electron chi connectivity index (χ1n) is 6.54.